The zero-order valence-corrected chi connectivity index (χ0v) is 15.0. The Morgan fingerprint density at radius 1 is 1.33 bits per heavy atom. The zero-order valence-electron chi connectivity index (χ0n) is 14.2. The van der Waals surface area contributed by atoms with E-state index in [1.807, 2.05) is 38.1 Å². The van der Waals surface area contributed by atoms with E-state index in [9.17, 15) is 9.90 Å². The van der Waals surface area contributed by atoms with E-state index in [4.69, 9.17) is 4.74 Å². The molecule has 0 radical (unpaired) electrons. The van der Waals surface area contributed by atoms with Crippen molar-refractivity contribution in [3.63, 3.8) is 0 Å². The number of carboxylic acids is 1. The van der Waals surface area contributed by atoms with Crippen molar-refractivity contribution in [1.82, 2.24) is 9.38 Å². The molecule has 24 heavy (non-hydrogen) atoms. The maximum absolute atomic E-state index is 11.7. The summed E-state index contributed by atoms with van der Waals surface area (Å²) in [5, 5.41) is 9.57. The number of nitrogens with zero attached hydrogens (tertiary/aromatic N) is 2. The molecule has 5 nitrogen and oxygen atoms in total. The standard InChI is InChI=1S/C18H20N2O3S/c1-5-14-16(12-6-8-13(9-7-12)23-10(2)3)20-15(17(21)22)11(4)19-18(20)24-14/h6-10H,5H2,1-4H3,(H,21,22). The monoisotopic (exact) mass is 344 g/mol. The van der Waals surface area contributed by atoms with Crippen LogP contribution in [0.25, 0.3) is 16.2 Å². The molecule has 1 aromatic carbocycles. The Bertz CT molecular complexity index is 891. The third-order valence-corrected chi connectivity index (χ3v) is 4.93. The first-order chi connectivity index (χ1) is 11.4. The van der Waals surface area contributed by atoms with Gasteiger partial charge in [0.1, 0.15) is 5.75 Å². The van der Waals surface area contributed by atoms with Gasteiger partial charge in [0.05, 0.1) is 17.5 Å². The first-order valence-electron chi connectivity index (χ1n) is 7.93. The molecule has 0 amide bonds. The number of aromatic carboxylic acids is 1. The van der Waals surface area contributed by atoms with Crippen molar-refractivity contribution in [3.8, 4) is 17.0 Å². The molecule has 0 aliphatic rings. The van der Waals surface area contributed by atoms with E-state index in [1.165, 1.54) is 0 Å². The smallest absolute Gasteiger partial charge is 0.354 e. The van der Waals surface area contributed by atoms with Gasteiger partial charge in [-0.05, 0) is 57.0 Å². The predicted octanol–water partition coefficient (Wildman–Crippen LogP) is 4.42. The van der Waals surface area contributed by atoms with Crippen LogP contribution in [0.15, 0.2) is 24.3 Å². The van der Waals surface area contributed by atoms with Gasteiger partial charge in [0.15, 0.2) is 10.7 Å². The van der Waals surface area contributed by atoms with Crippen LogP contribution >= 0.6 is 11.3 Å². The van der Waals surface area contributed by atoms with Crippen molar-refractivity contribution in [1.29, 1.82) is 0 Å². The lowest BCUT2D eigenvalue weighted by Gasteiger charge is -2.11. The minimum Gasteiger partial charge on any atom is -0.491 e. The molecular weight excluding hydrogens is 324 g/mol. The number of carbonyl (C=O) groups is 1. The molecule has 2 heterocycles. The highest BCUT2D eigenvalue weighted by molar-refractivity contribution is 7.17. The number of rotatable bonds is 5. The average molecular weight is 344 g/mol. The molecule has 0 aliphatic carbocycles. The molecule has 2 aromatic heterocycles. The fourth-order valence-corrected chi connectivity index (χ4v) is 3.93. The molecule has 3 rings (SSSR count). The number of hydrogen-bond acceptors (Lipinski definition) is 4. The van der Waals surface area contributed by atoms with Crippen LogP contribution < -0.4 is 4.74 Å². The third kappa shape index (κ3) is 2.78. The van der Waals surface area contributed by atoms with Gasteiger partial charge < -0.3 is 9.84 Å². The molecule has 0 atom stereocenters. The second-order valence-electron chi connectivity index (χ2n) is 5.89. The minimum absolute atomic E-state index is 0.116. The van der Waals surface area contributed by atoms with E-state index in [-0.39, 0.29) is 11.8 Å². The predicted molar refractivity (Wildman–Crippen MR) is 95.3 cm³/mol. The minimum atomic E-state index is -0.957. The fraction of sp³-hybridized carbons (Fsp3) is 0.333. The summed E-state index contributed by atoms with van der Waals surface area (Å²) in [4.78, 5) is 17.9. The zero-order chi connectivity index (χ0) is 17.4. The van der Waals surface area contributed by atoms with Gasteiger partial charge in [0.25, 0.3) is 0 Å². The van der Waals surface area contributed by atoms with Crippen LogP contribution in [0.2, 0.25) is 0 Å². The summed E-state index contributed by atoms with van der Waals surface area (Å²) in [6.45, 7) is 7.77. The maximum atomic E-state index is 11.7. The number of ether oxygens (including phenoxy) is 1. The summed E-state index contributed by atoms with van der Waals surface area (Å²) in [5.41, 5.74) is 2.65. The topological polar surface area (TPSA) is 63.8 Å². The van der Waals surface area contributed by atoms with Crippen molar-refractivity contribution in [2.45, 2.75) is 40.2 Å². The van der Waals surface area contributed by atoms with Crippen LogP contribution in [-0.2, 0) is 6.42 Å². The third-order valence-electron chi connectivity index (χ3n) is 3.75. The van der Waals surface area contributed by atoms with Crippen molar-refractivity contribution in [2.75, 3.05) is 0 Å². The number of thiazole rings is 1. The van der Waals surface area contributed by atoms with Crippen molar-refractivity contribution >= 4 is 22.3 Å². The van der Waals surface area contributed by atoms with E-state index in [0.717, 1.165) is 33.3 Å². The summed E-state index contributed by atoms with van der Waals surface area (Å²) in [7, 11) is 0. The van der Waals surface area contributed by atoms with Crippen LogP contribution in [-0.4, -0.2) is 26.6 Å². The molecule has 1 N–H and O–H groups in total. The van der Waals surface area contributed by atoms with Crippen LogP contribution in [0.5, 0.6) is 5.75 Å². The number of carboxylic acid groups (broad SMARTS) is 1. The van der Waals surface area contributed by atoms with Crippen molar-refractivity contribution < 1.29 is 14.6 Å². The molecule has 0 aliphatic heterocycles. The largest absolute Gasteiger partial charge is 0.491 e. The second-order valence-corrected chi connectivity index (χ2v) is 6.95. The average Bonchev–Trinajstić information content (AvgIpc) is 3.01. The quantitative estimate of drug-likeness (QED) is 0.744. The number of hydrogen-bond donors (Lipinski definition) is 1. The van der Waals surface area contributed by atoms with Gasteiger partial charge in [-0.2, -0.15) is 0 Å². The summed E-state index contributed by atoms with van der Waals surface area (Å²) in [6, 6.07) is 7.78. The van der Waals surface area contributed by atoms with E-state index in [1.54, 1.807) is 22.7 Å². The lowest BCUT2D eigenvalue weighted by atomic mass is 10.1. The van der Waals surface area contributed by atoms with Crippen LogP contribution in [0, 0.1) is 6.92 Å². The molecule has 0 saturated heterocycles. The Labute approximate surface area is 144 Å². The molecule has 0 fully saturated rings. The second kappa shape index (κ2) is 6.28. The van der Waals surface area contributed by atoms with Gasteiger partial charge in [-0.1, -0.05) is 6.92 Å². The Kier molecular flexibility index (Phi) is 4.32. The van der Waals surface area contributed by atoms with Crippen molar-refractivity contribution in [3.05, 3.63) is 40.5 Å². The number of imidazole rings is 1. The summed E-state index contributed by atoms with van der Waals surface area (Å²) >= 11 is 1.54. The number of benzene rings is 1. The highest BCUT2D eigenvalue weighted by Crippen LogP contribution is 2.35. The Hall–Kier alpha value is -2.34. The van der Waals surface area contributed by atoms with E-state index in [0.29, 0.717) is 5.69 Å². The highest BCUT2D eigenvalue weighted by atomic mass is 32.1. The Balaban J connectivity index is 2.18. The summed E-state index contributed by atoms with van der Waals surface area (Å²) in [5.74, 6) is -0.153. The van der Waals surface area contributed by atoms with Gasteiger partial charge in [-0.3, -0.25) is 4.40 Å². The molecule has 3 aromatic rings. The first kappa shape index (κ1) is 16.5. The van der Waals surface area contributed by atoms with Gasteiger partial charge in [0.2, 0.25) is 0 Å². The van der Waals surface area contributed by atoms with Gasteiger partial charge in [-0.25, -0.2) is 9.78 Å². The van der Waals surface area contributed by atoms with Crippen LogP contribution in [0.1, 0.15) is 41.8 Å². The number of aryl methyl sites for hydroxylation is 2. The Morgan fingerprint density at radius 2 is 2.00 bits per heavy atom. The van der Waals surface area contributed by atoms with Crippen LogP contribution in [0.3, 0.4) is 0 Å². The molecule has 0 unspecified atom stereocenters. The van der Waals surface area contributed by atoms with Crippen molar-refractivity contribution in [2.24, 2.45) is 0 Å². The Morgan fingerprint density at radius 3 is 2.54 bits per heavy atom. The molecule has 126 valence electrons. The summed E-state index contributed by atoms with van der Waals surface area (Å²) < 4.78 is 7.45. The molecule has 0 bridgehead atoms. The van der Waals surface area contributed by atoms with Gasteiger partial charge >= 0.3 is 5.97 Å². The first-order valence-corrected chi connectivity index (χ1v) is 8.75. The number of aromatic nitrogens is 2. The van der Waals surface area contributed by atoms with Gasteiger partial charge in [0, 0.05) is 4.88 Å². The molecule has 0 saturated carbocycles. The number of fused-ring (bicyclic) bond motifs is 1. The molecule has 6 heteroatoms. The van der Waals surface area contributed by atoms with E-state index >= 15 is 0 Å². The maximum Gasteiger partial charge on any atom is 0.354 e. The van der Waals surface area contributed by atoms with Gasteiger partial charge in [-0.15, -0.1) is 11.3 Å². The molecular formula is C18H20N2O3S. The normalized spacial score (nSPS) is 11.4. The van der Waals surface area contributed by atoms with E-state index < -0.39 is 5.97 Å². The highest BCUT2D eigenvalue weighted by Gasteiger charge is 2.23. The lowest BCUT2D eigenvalue weighted by Crippen LogP contribution is -2.06. The van der Waals surface area contributed by atoms with Crippen LogP contribution in [0.4, 0.5) is 0 Å². The summed E-state index contributed by atoms with van der Waals surface area (Å²) in [6.07, 6.45) is 0.941. The molecule has 0 spiro atoms. The lowest BCUT2D eigenvalue weighted by molar-refractivity contribution is 0.0688. The fourth-order valence-electron chi connectivity index (χ4n) is 2.81. The van der Waals surface area contributed by atoms with E-state index in [2.05, 4.69) is 11.9 Å². The SMILES string of the molecule is CCc1sc2nc(C)c(C(=O)O)n2c1-c1ccc(OC(C)C)cc1.